The monoisotopic (exact) mass is 358 g/mol. The normalized spacial score (nSPS) is 11.0. The molecule has 0 radical (unpaired) electrons. The van der Waals surface area contributed by atoms with Crippen LogP contribution in [0.1, 0.15) is 10.4 Å². The lowest BCUT2D eigenvalue weighted by molar-refractivity contribution is 0.112. The van der Waals surface area contributed by atoms with Crippen molar-refractivity contribution in [1.82, 2.24) is 0 Å². The first kappa shape index (κ1) is 16.5. The number of benzene rings is 5. The van der Waals surface area contributed by atoms with Crippen LogP contribution in [0.15, 0.2) is 103 Å². The molecule has 5 rings (SSSR count). The standard InChI is InChI=1S/C27H18O/c28-18-23-10-4-6-12-25(23)27-24-11-5-3-8-20(24)15-16-26(27)22-14-13-19-7-1-2-9-21(19)17-22/h1-18H. The van der Waals surface area contributed by atoms with E-state index in [0.29, 0.717) is 5.56 Å². The second kappa shape index (κ2) is 6.79. The quantitative estimate of drug-likeness (QED) is 0.313. The lowest BCUT2D eigenvalue weighted by Crippen LogP contribution is -1.92. The number of carbonyl (C=O) groups is 1. The average Bonchev–Trinajstić information content (AvgIpc) is 2.78. The van der Waals surface area contributed by atoms with E-state index in [9.17, 15) is 4.79 Å². The molecule has 1 heteroatoms. The first-order valence-corrected chi connectivity index (χ1v) is 9.41. The van der Waals surface area contributed by atoms with Crippen LogP contribution in [-0.2, 0) is 0 Å². The molecule has 0 N–H and O–H groups in total. The molecule has 0 spiro atoms. The van der Waals surface area contributed by atoms with Crippen LogP contribution in [0.2, 0.25) is 0 Å². The van der Waals surface area contributed by atoms with Crippen LogP contribution in [0.25, 0.3) is 43.8 Å². The number of carbonyl (C=O) groups excluding carboxylic acids is 1. The summed E-state index contributed by atoms with van der Waals surface area (Å²) >= 11 is 0. The number of hydrogen-bond donors (Lipinski definition) is 0. The van der Waals surface area contributed by atoms with Gasteiger partial charge in [0.05, 0.1) is 0 Å². The number of rotatable bonds is 3. The van der Waals surface area contributed by atoms with E-state index >= 15 is 0 Å². The SMILES string of the molecule is O=Cc1ccccc1-c1c(-c2ccc3ccccc3c2)ccc2ccccc12. The molecular weight excluding hydrogens is 340 g/mol. The molecule has 0 fully saturated rings. The van der Waals surface area contributed by atoms with Gasteiger partial charge in [-0.1, -0.05) is 97.1 Å². The predicted molar refractivity (Wildman–Crippen MR) is 118 cm³/mol. The van der Waals surface area contributed by atoms with Crippen LogP contribution in [0.3, 0.4) is 0 Å². The van der Waals surface area contributed by atoms with Crippen molar-refractivity contribution in [3.63, 3.8) is 0 Å². The van der Waals surface area contributed by atoms with Crippen LogP contribution < -0.4 is 0 Å². The predicted octanol–water partition coefficient (Wildman–Crippen LogP) is 7.14. The molecule has 0 amide bonds. The first-order chi connectivity index (χ1) is 13.8. The Morgan fingerprint density at radius 2 is 1.21 bits per heavy atom. The molecule has 132 valence electrons. The van der Waals surface area contributed by atoms with Gasteiger partial charge in [0.15, 0.2) is 6.29 Å². The van der Waals surface area contributed by atoms with E-state index in [2.05, 4.69) is 72.8 Å². The first-order valence-electron chi connectivity index (χ1n) is 9.41. The fourth-order valence-electron chi connectivity index (χ4n) is 3.99. The minimum Gasteiger partial charge on any atom is -0.298 e. The Kier molecular flexibility index (Phi) is 3.99. The summed E-state index contributed by atoms with van der Waals surface area (Å²) in [5.41, 5.74) is 5.08. The molecule has 0 aliphatic carbocycles. The van der Waals surface area contributed by atoms with E-state index < -0.39 is 0 Å². The minimum absolute atomic E-state index is 0.709. The van der Waals surface area contributed by atoms with Gasteiger partial charge in [-0.05, 0) is 49.9 Å². The molecule has 0 saturated carbocycles. The van der Waals surface area contributed by atoms with Crippen molar-refractivity contribution in [2.45, 2.75) is 0 Å². The topological polar surface area (TPSA) is 17.1 Å². The maximum atomic E-state index is 11.8. The van der Waals surface area contributed by atoms with Gasteiger partial charge in [-0.3, -0.25) is 4.79 Å². The highest BCUT2D eigenvalue weighted by atomic mass is 16.1. The molecule has 0 atom stereocenters. The lowest BCUT2D eigenvalue weighted by Gasteiger charge is -2.16. The van der Waals surface area contributed by atoms with E-state index in [0.717, 1.165) is 33.9 Å². The Labute approximate surface area is 163 Å². The second-order valence-electron chi connectivity index (χ2n) is 6.98. The number of fused-ring (bicyclic) bond motifs is 2. The third-order valence-electron chi connectivity index (χ3n) is 5.35. The van der Waals surface area contributed by atoms with Crippen LogP contribution in [0.4, 0.5) is 0 Å². The fourth-order valence-corrected chi connectivity index (χ4v) is 3.99. The second-order valence-corrected chi connectivity index (χ2v) is 6.98. The van der Waals surface area contributed by atoms with Gasteiger partial charge in [0, 0.05) is 5.56 Å². The van der Waals surface area contributed by atoms with E-state index in [1.54, 1.807) is 0 Å². The van der Waals surface area contributed by atoms with Gasteiger partial charge >= 0.3 is 0 Å². The summed E-state index contributed by atoms with van der Waals surface area (Å²) in [4.78, 5) is 11.8. The van der Waals surface area contributed by atoms with Crippen molar-refractivity contribution >= 4 is 27.8 Å². The molecule has 5 aromatic carbocycles. The summed E-state index contributed by atoms with van der Waals surface area (Å²) < 4.78 is 0. The van der Waals surface area contributed by atoms with E-state index in [1.165, 1.54) is 16.2 Å². The van der Waals surface area contributed by atoms with Gasteiger partial charge in [0.2, 0.25) is 0 Å². The van der Waals surface area contributed by atoms with Crippen LogP contribution in [0, 0.1) is 0 Å². The lowest BCUT2D eigenvalue weighted by atomic mass is 9.87. The molecule has 28 heavy (non-hydrogen) atoms. The summed E-state index contributed by atoms with van der Waals surface area (Å²) in [5, 5.41) is 4.76. The Bertz CT molecular complexity index is 1330. The molecule has 0 aliphatic heterocycles. The summed E-state index contributed by atoms with van der Waals surface area (Å²) in [7, 11) is 0. The minimum atomic E-state index is 0.709. The Hall–Kier alpha value is -3.71. The fraction of sp³-hybridized carbons (Fsp3) is 0. The highest BCUT2D eigenvalue weighted by Crippen LogP contribution is 2.40. The molecule has 0 bridgehead atoms. The van der Waals surface area contributed by atoms with Crippen LogP contribution >= 0.6 is 0 Å². The third-order valence-corrected chi connectivity index (χ3v) is 5.35. The smallest absolute Gasteiger partial charge is 0.150 e. The van der Waals surface area contributed by atoms with Crippen molar-refractivity contribution in [3.8, 4) is 22.3 Å². The molecule has 5 aromatic rings. The number of hydrogen-bond acceptors (Lipinski definition) is 1. The van der Waals surface area contributed by atoms with Gasteiger partial charge in [-0.2, -0.15) is 0 Å². The van der Waals surface area contributed by atoms with Crippen molar-refractivity contribution in [2.75, 3.05) is 0 Å². The summed E-state index contributed by atoms with van der Waals surface area (Å²) in [6.07, 6.45) is 0.946. The molecule has 0 heterocycles. The molecule has 1 nitrogen and oxygen atoms in total. The van der Waals surface area contributed by atoms with Crippen molar-refractivity contribution in [1.29, 1.82) is 0 Å². The van der Waals surface area contributed by atoms with Gasteiger partial charge < -0.3 is 0 Å². The molecule has 0 aromatic heterocycles. The van der Waals surface area contributed by atoms with Gasteiger partial charge in [-0.15, -0.1) is 0 Å². The molecule has 0 unspecified atom stereocenters. The van der Waals surface area contributed by atoms with Crippen molar-refractivity contribution < 1.29 is 4.79 Å². The van der Waals surface area contributed by atoms with Gasteiger partial charge in [0.25, 0.3) is 0 Å². The number of aldehydes is 1. The third kappa shape index (κ3) is 2.69. The van der Waals surface area contributed by atoms with Crippen LogP contribution in [-0.4, -0.2) is 6.29 Å². The van der Waals surface area contributed by atoms with Crippen molar-refractivity contribution in [3.05, 3.63) is 109 Å². The highest BCUT2D eigenvalue weighted by Gasteiger charge is 2.14. The van der Waals surface area contributed by atoms with E-state index in [1.807, 2.05) is 30.3 Å². The zero-order valence-corrected chi connectivity index (χ0v) is 15.3. The van der Waals surface area contributed by atoms with Gasteiger partial charge in [0.1, 0.15) is 0 Å². The zero-order valence-electron chi connectivity index (χ0n) is 15.3. The van der Waals surface area contributed by atoms with E-state index in [4.69, 9.17) is 0 Å². The molecule has 0 saturated heterocycles. The largest absolute Gasteiger partial charge is 0.298 e. The Morgan fingerprint density at radius 1 is 0.536 bits per heavy atom. The highest BCUT2D eigenvalue weighted by molar-refractivity contribution is 6.07. The maximum absolute atomic E-state index is 11.8. The van der Waals surface area contributed by atoms with E-state index in [-0.39, 0.29) is 0 Å². The zero-order chi connectivity index (χ0) is 18.9. The van der Waals surface area contributed by atoms with Crippen LogP contribution in [0.5, 0.6) is 0 Å². The maximum Gasteiger partial charge on any atom is 0.150 e. The summed E-state index contributed by atoms with van der Waals surface area (Å²) in [5.74, 6) is 0. The summed E-state index contributed by atoms with van der Waals surface area (Å²) in [6, 6.07) is 35.5. The van der Waals surface area contributed by atoms with Gasteiger partial charge in [-0.25, -0.2) is 0 Å². The summed E-state index contributed by atoms with van der Waals surface area (Å²) in [6.45, 7) is 0. The average molecular weight is 358 g/mol. The van der Waals surface area contributed by atoms with Crippen molar-refractivity contribution in [2.24, 2.45) is 0 Å². The molecular formula is C27H18O. The Morgan fingerprint density at radius 3 is 2.07 bits per heavy atom. The molecule has 0 aliphatic rings. The Balaban J connectivity index is 1.87.